The molecule has 1 heterocycles. The third kappa shape index (κ3) is 4.64. The van der Waals surface area contributed by atoms with Crippen molar-refractivity contribution in [2.45, 2.75) is 47.5 Å². The number of halogens is 1. The van der Waals surface area contributed by atoms with Crippen LogP contribution in [0.5, 0.6) is 0 Å². The lowest BCUT2D eigenvalue weighted by Gasteiger charge is -2.30. The van der Waals surface area contributed by atoms with Crippen molar-refractivity contribution in [2.24, 2.45) is 11.8 Å². The van der Waals surface area contributed by atoms with Crippen LogP contribution in [0.3, 0.4) is 0 Å². The molecular formula is C15H26ClN3. The van der Waals surface area contributed by atoms with Crippen LogP contribution in [-0.4, -0.2) is 23.1 Å². The summed E-state index contributed by atoms with van der Waals surface area (Å²) in [7, 11) is 0. The van der Waals surface area contributed by atoms with Gasteiger partial charge in [0.25, 0.3) is 0 Å². The van der Waals surface area contributed by atoms with Crippen LogP contribution in [0.1, 0.15) is 53.0 Å². The molecule has 0 aliphatic heterocycles. The molecule has 0 saturated carbocycles. The Morgan fingerprint density at radius 2 is 1.53 bits per heavy atom. The van der Waals surface area contributed by atoms with Gasteiger partial charge in [0.05, 0.1) is 0 Å². The van der Waals surface area contributed by atoms with Gasteiger partial charge >= 0.3 is 0 Å². The second kappa shape index (κ2) is 7.09. The fourth-order valence-corrected chi connectivity index (χ4v) is 2.59. The molecule has 0 radical (unpaired) electrons. The van der Waals surface area contributed by atoms with Gasteiger partial charge in [-0.3, -0.25) is 0 Å². The lowest BCUT2D eigenvalue weighted by molar-refractivity contribution is 0.545. The molecule has 1 aromatic rings. The standard InChI is InChI=1S/C15H26ClN3/c1-10(2)7-19(8-11(3)4)15-13(12(5)6)14(16)17-9-18-15/h9-12H,7-8H2,1-6H3. The molecule has 1 rings (SSSR count). The number of hydrogen-bond donors (Lipinski definition) is 0. The number of nitrogens with zero attached hydrogens (tertiary/aromatic N) is 3. The van der Waals surface area contributed by atoms with Crippen LogP contribution < -0.4 is 4.90 Å². The number of rotatable bonds is 6. The van der Waals surface area contributed by atoms with Crippen LogP contribution in [-0.2, 0) is 0 Å². The second-order valence-electron chi connectivity index (χ2n) is 6.25. The Hall–Kier alpha value is -0.830. The van der Waals surface area contributed by atoms with Gasteiger partial charge in [-0.25, -0.2) is 9.97 Å². The van der Waals surface area contributed by atoms with E-state index < -0.39 is 0 Å². The molecule has 0 fully saturated rings. The molecule has 0 saturated heterocycles. The Morgan fingerprint density at radius 3 is 1.95 bits per heavy atom. The molecule has 0 N–H and O–H groups in total. The maximum Gasteiger partial charge on any atom is 0.138 e. The van der Waals surface area contributed by atoms with Crippen molar-refractivity contribution < 1.29 is 0 Å². The molecular weight excluding hydrogens is 258 g/mol. The van der Waals surface area contributed by atoms with E-state index in [2.05, 4.69) is 56.4 Å². The van der Waals surface area contributed by atoms with E-state index in [9.17, 15) is 0 Å². The van der Waals surface area contributed by atoms with Crippen molar-refractivity contribution in [3.8, 4) is 0 Å². The molecule has 0 bridgehead atoms. The highest BCUT2D eigenvalue weighted by Gasteiger charge is 2.20. The molecule has 3 nitrogen and oxygen atoms in total. The molecule has 0 aliphatic carbocycles. The van der Waals surface area contributed by atoms with Crippen LogP contribution in [0.25, 0.3) is 0 Å². The zero-order valence-electron chi connectivity index (χ0n) is 12.9. The maximum atomic E-state index is 6.26. The van der Waals surface area contributed by atoms with E-state index in [1.54, 1.807) is 6.33 Å². The van der Waals surface area contributed by atoms with Crippen LogP contribution in [0.15, 0.2) is 6.33 Å². The van der Waals surface area contributed by atoms with Gasteiger partial charge in [0, 0.05) is 18.7 Å². The quantitative estimate of drug-likeness (QED) is 0.726. The zero-order chi connectivity index (χ0) is 14.6. The molecule has 1 aromatic heterocycles. The Morgan fingerprint density at radius 1 is 1.00 bits per heavy atom. The smallest absolute Gasteiger partial charge is 0.138 e. The van der Waals surface area contributed by atoms with Gasteiger partial charge < -0.3 is 4.90 Å². The average Bonchev–Trinajstić information content (AvgIpc) is 2.25. The summed E-state index contributed by atoms with van der Waals surface area (Å²) in [5, 5.41) is 0.581. The minimum absolute atomic E-state index is 0.325. The Bertz CT molecular complexity index is 392. The van der Waals surface area contributed by atoms with Gasteiger partial charge in [0.15, 0.2) is 0 Å². The first-order valence-electron chi connectivity index (χ1n) is 7.08. The SMILES string of the molecule is CC(C)CN(CC(C)C)c1ncnc(Cl)c1C(C)C. The Balaban J connectivity index is 3.17. The lowest BCUT2D eigenvalue weighted by Crippen LogP contribution is -2.33. The highest BCUT2D eigenvalue weighted by molar-refractivity contribution is 6.30. The topological polar surface area (TPSA) is 29.0 Å². The highest BCUT2D eigenvalue weighted by Crippen LogP contribution is 2.31. The average molecular weight is 284 g/mol. The summed E-state index contributed by atoms with van der Waals surface area (Å²) in [5.41, 5.74) is 1.06. The van der Waals surface area contributed by atoms with Crippen molar-refractivity contribution in [1.29, 1.82) is 0 Å². The minimum atomic E-state index is 0.325. The first-order chi connectivity index (χ1) is 8.82. The van der Waals surface area contributed by atoms with Gasteiger partial charge in [-0.2, -0.15) is 0 Å². The first kappa shape index (κ1) is 16.2. The maximum absolute atomic E-state index is 6.26. The van der Waals surface area contributed by atoms with Crippen molar-refractivity contribution in [1.82, 2.24) is 9.97 Å². The fourth-order valence-electron chi connectivity index (χ4n) is 2.24. The van der Waals surface area contributed by atoms with E-state index >= 15 is 0 Å². The van der Waals surface area contributed by atoms with Crippen LogP contribution >= 0.6 is 11.6 Å². The van der Waals surface area contributed by atoms with Crippen molar-refractivity contribution >= 4 is 17.4 Å². The van der Waals surface area contributed by atoms with Crippen LogP contribution in [0.4, 0.5) is 5.82 Å². The third-order valence-corrected chi connectivity index (χ3v) is 3.16. The van der Waals surface area contributed by atoms with Crippen LogP contribution in [0.2, 0.25) is 5.15 Å². The summed E-state index contributed by atoms with van der Waals surface area (Å²) in [6.07, 6.45) is 1.57. The molecule has 0 spiro atoms. The highest BCUT2D eigenvalue weighted by atomic mass is 35.5. The van der Waals surface area contributed by atoms with E-state index in [1.807, 2.05) is 0 Å². The van der Waals surface area contributed by atoms with E-state index in [4.69, 9.17) is 11.6 Å². The number of aromatic nitrogens is 2. The molecule has 0 amide bonds. The van der Waals surface area contributed by atoms with Crippen molar-refractivity contribution in [3.63, 3.8) is 0 Å². The molecule has 0 atom stereocenters. The van der Waals surface area contributed by atoms with Crippen LogP contribution in [0, 0.1) is 11.8 Å². The summed E-state index contributed by atoms with van der Waals surface area (Å²) in [4.78, 5) is 11.0. The summed E-state index contributed by atoms with van der Waals surface area (Å²) >= 11 is 6.26. The summed E-state index contributed by atoms with van der Waals surface area (Å²) in [5.74, 6) is 2.50. The molecule has 4 heteroatoms. The monoisotopic (exact) mass is 283 g/mol. The lowest BCUT2D eigenvalue weighted by atomic mass is 10.0. The second-order valence-corrected chi connectivity index (χ2v) is 6.61. The first-order valence-corrected chi connectivity index (χ1v) is 7.46. The van der Waals surface area contributed by atoms with Gasteiger partial charge in [-0.05, 0) is 17.8 Å². The Labute approximate surface area is 122 Å². The Kier molecular flexibility index (Phi) is 6.05. The van der Waals surface area contributed by atoms with Gasteiger partial charge in [-0.15, -0.1) is 0 Å². The predicted octanol–water partition coefficient (Wildman–Crippen LogP) is 4.37. The number of hydrogen-bond acceptors (Lipinski definition) is 3. The summed E-state index contributed by atoms with van der Waals surface area (Å²) < 4.78 is 0. The fraction of sp³-hybridized carbons (Fsp3) is 0.733. The van der Waals surface area contributed by atoms with E-state index in [-0.39, 0.29) is 0 Å². The van der Waals surface area contributed by atoms with E-state index in [0.29, 0.717) is 22.9 Å². The van der Waals surface area contributed by atoms with E-state index in [1.165, 1.54) is 0 Å². The van der Waals surface area contributed by atoms with Crippen molar-refractivity contribution in [3.05, 3.63) is 17.0 Å². The van der Waals surface area contributed by atoms with Gasteiger partial charge in [-0.1, -0.05) is 53.1 Å². The minimum Gasteiger partial charge on any atom is -0.356 e. The third-order valence-electron chi connectivity index (χ3n) is 2.86. The van der Waals surface area contributed by atoms with E-state index in [0.717, 1.165) is 24.5 Å². The number of anilines is 1. The molecule has 108 valence electrons. The largest absolute Gasteiger partial charge is 0.356 e. The molecule has 0 aliphatic rings. The molecule has 19 heavy (non-hydrogen) atoms. The zero-order valence-corrected chi connectivity index (χ0v) is 13.7. The normalized spacial score (nSPS) is 11.7. The van der Waals surface area contributed by atoms with Gasteiger partial charge in [0.2, 0.25) is 0 Å². The molecule has 0 aromatic carbocycles. The van der Waals surface area contributed by atoms with Gasteiger partial charge in [0.1, 0.15) is 17.3 Å². The molecule has 0 unspecified atom stereocenters. The summed E-state index contributed by atoms with van der Waals surface area (Å²) in [6.45, 7) is 15.2. The summed E-state index contributed by atoms with van der Waals surface area (Å²) in [6, 6.07) is 0. The van der Waals surface area contributed by atoms with Crippen molar-refractivity contribution in [2.75, 3.05) is 18.0 Å². The predicted molar refractivity (Wildman–Crippen MR) is 83.0 cm³/mol.